The molecule has 0 fully saturated rings. The number of nitrogens with one attached hydrogen (secondary N) is 2. The number of aromatic nitrogens is 2. The van der Waals surface area contributed by atoms with E-state index in [1.807, 2.05) is 71.5 Å². The molecule has 3 aromatic carbocycles. The van der Waals surface area contributed by atoms with Crippen molar-refractivity contribution >= 4 is 29.2 Å². The predicted molar refractivity (Wildman–Crippen MR) is 122 cm³/mol. The number of anilines is 1. The van der Waals surface area contributed by atoms with Crippen molar-refractivity contribution in [2.45, 2.75) is 0 Å². The van der Waals surface area contributed by atoms with Gasteiger partial charge in [-0.25, -0.2) is 9.07 Å². The monoisotopic (exact) mass is 415 g/mol. The lowest BCUT2D eigenvalue weighted by atomic mass is 10.1. The molecule has 0 aliphatic rings. The number of para-hydroxylation sites is 1. The first-order valence-corrected chi connectivity index (χ1v) is 9.66. The molecule has 0 aliphatic heterocycles. The number of benzene rings is 3. The van der Waals surface area contributed by atoms with E-state index in [4.69, 9.17) is 17.3 Å². The maximum absolute atomic E-state index is 13.0. The molecule has 4 rings (SSSR count). The molecule has 5 nitrogen and oxygen atoms in total. The highest BCUT2D eigenvalue weighted by molar-refractivity contribution is 7.80. The molecule has 0 radical (unpaired) electrons. The Labute approximate surface area is 178 Å². The van der Waals surface area contributed by atoms with Crippen LogP contribution in [-0.4, -0.2) is 21.1 Å². The molecule has 1 heterocycles. The first-order valence-electron chi connectivity index (χ1n) is 9.25. The van der Waals surface area contributed by atoms with Crippen molar-refractivity contribution in [3.05, 3.63) is 103 Å². The third-order valence-electron chi connectivity index (χ3n) is 4.28. The molecule has 0 atom stereocenters. The summed E-state index contributed by atoms with van der Waals surface area (Å²) in [7, 11) is 0. The number of rotatable bonds is 5. The Hall–Kier alpha value is -3.84. The molecule has 4 aromatic rings. The van der Waals surface area contributed by atoms with Crippen molar-refractivity contribution in [1.29, 1.82) is 0 Å². The summed E-state index contributed by atoms with van der Waals surface area (Å²) in [5.74, 6) is -0.304. The zero-order chi connectivity index (χ0) is 20.8. The van der Waals surface area contributed by atoms with Gasteiger partial charge in [0.25, 0.3) is 0 Å². The molecule has 0 spiro atoms. The fourth-order valence-electron chi connectivity index (χ4n) is 2.87. The summed E-state index contributed by atoms with van der Waals surface area (Å²) < 4.78 is 14.8. The smallest absolute Gasteiger partial charge is 0.191 e. The summed E-state index contributed by atoms with van der Waals surface area (Å²) in [6, 6.07) is 25.7. The molecule has 0 unspecified atom stereocenters. The van der Waals surface area contributed by atoms with Gasteiger partial charge in [-0.2, -0.15) is 10.2 Å². The van der Waals surface area contributed by atoms with E-state index in [9.17, 15) is 4.39 Å². The fourth-order valence-corrected chi connectivity index (χ4v) is 3.04. The highest BCUT2D eigenvalue weighted by Gasteiger charge is 2.10. The van der Waals surface area contributed by atoms with Crippen LogP contribution in [-0.2, 0) is 0 Å². The van der Waals surface area contributed by atoms with Crippen LogP contribution in [0.25, 0.3) is 16.9 Å². The molecule has 2 N–H and O–H groups in total. The zero-order valence-corrected chi connectivity index (χ0v) is 16.7. The minimum atomic E-state index is -0.304. The maximum Gasteiger partial charge on any atom is 0.191 e. The van der Waals surface area contributed by atoms with E-state index >= 15 is 0 Å². The first-order chi connectivity index (χ1) is 14.7. The van der Waals surface area contributed by atoms with Crippen molar-refractivity contribution in [1.82, 2.24) is 15.2 Å². The lowest BCUT2D eigenvalue weighted by molar-refractivity contribution is 0.628. The third-order valence-corrected chi connectivity index (χ3v) is 4.48. The van der Waals surface area contributed by atoms with Gasteiger partial charge in [0.1, 0.15) is 11.5 Å². The number of thiocarbonyl (C=S) groups is 1. The quantitative estimate of drug-likeness (QED) is 0.274. The van der Waals surface area contributed by atoms with Crippen molar-refractivity contribution in [2.75, 3.05) is 5.32 Å². The SMILES string of the molecule is Fc1ccc(NC(=S)N/N=C\c2cn(-c3ccccc3)nc2-c2ccccc2)cc1. The van der Waals surface area contributed by atoms with E-state index < -0.39 is 0 Å². The van der Waals surface area contributed by atoms with Gasteiger partial charge >= 0.3 is 0 Å². The van der Waals surface area contributed by atoms with Crippen LogP contribution in [0.3, 0.4) is 0 Å². The first kappa shape index (κ1) is 19.5. The van der Waals surface area contributed by atoms with E-state index in [2.05, 4.69) is 15.8 Å². The van der Waals surface area contributed by atoms with E-state index in [1.54, 1.807) is 18.3 Å². The molecule has 0 saturated carbocycles. The van der Waals surface area contributed by atoms with Crippen LogP contribution in [0, 0.1) is 5.82 Å². The summed E-state index contributed by atoms with van der Waals surface area (Å²) in [6.45, 7) is 0. The minimum Gasteiger partial charge on any atom is -0.331 e. The summed E-state index contributed by atoms with van der Waals surface area (Å²) in [4.78, 5) is 0. The minimum absolute atomic E-state index is 0.301. The Morgan fingerprint density at radius 1 is 0.933 bits per heavy atom. The number of nitrogens with zero attached hydrogens (tertiary/aromatic N) is 3. The van der Waals surface area contributed by atoms with Crippen molar-refractivity contribution < 1.29 is 4.39 Å². The van der Waals surface area contributed by atoms with Crippen LogP contribution in [0.15, 0.2) is 96.2 Å². The second kappa shape index (κ2) is 9.11. The Morgan fingerprint density at radius 3 is 2.30 bits per heavy atom. The van der Waals surface area contributed by atoms with Crippen molar-refractivity contribution in [3.63, 3.8) is 0 Å². The molecule has 0 amide bonds. The van der Waals surface area contributed by atoms with Gasteiger partial charge in [0, 0.05) is 23.0 Å². The summed E-state index contributed by atoms with van der Waals surface area (Å²) in [5.41, 5.74) is 7.04. The maximum atomic E-state index is 13.0. The lowest BCUT2D eigenvalue weighted by Gasteiger charge is -2.06. The zero-order valence-electron chi connectivity index (χ0n) is 15.9. The van der Waals surface area contributed by atoms with Crippen LogP contribution in [0.5, 0.6) is 0 Å². The van der Waals surface area contributed by atoms with Crippen molar-refractivity contribution in [3.8, 4) is 16.9 Å². The van der Waals surface area contributed by atoms with Gasteiger partial charge in [0.2, 0.25) is 0 Å². The van der Waals surface area contributed by atoms with Gasteiger partial charge in [-0.3, -0.25) is 5.43 Å². The average Bonchev–Trinajstić information content (AvgIpc) is 3.21. The van der Waals surface area contributed by atoms with E-state index in [0.717, 1.165) is 22.5 Å². The van der Waals surface area contributed by atoms with Gasteiger partial charge in [-0.15, -0.1) is 0 Å². The molecule has 1 aromatic heterocycles. The van der Waals surface area contributed by atoms with Crippen LogP contribution in [0.4, 0.5) is 10.1 Å². The van der Waals surface area contributed by atoms with Crippen LogP contribution < -0.4 is 10.7 Å². The molecule has 7 heteroatoms. The normalized spacial score (nSPS) is 10.8. The molecule has 30 heavy (non-hydrogen) atoms. The lowest BCUT2D eigenvalue weighted by Crippen LogP contribution is -2.23. The van der Waals surface area contributed by atoms with Gasteiger partial charge < -0.3 is 5.32 Å². The van der Waals surface area contributed by atoms with Crippen molar-refractivity contribution in [2.24, 2.45) is 5.10 Å². The van der Waals surface area contributed by atoms with E-state index in [-0.39, 0.29) is 5.82 Å². The molecule has 148 valence electrons. The van der Waals surface area contributed by atoms with Gasteiger partial charge in [-0.05, 0) is 48.6 Å². The van der Waals surface area contributed by atoms with E-state index in [1.165, 1.54) is 12.1 Å². The van der Waals surface area contributed by atoms with Crippen LogP contribution in [0.1, 0.15) is 5.56 Å². The summed E-state index contributed by atoms with van der Waals surface area (Å²) in [5, 5.41) is 12.2. The molecule has 0 aliphatic carbocycles. The van der Waals surface area contributed by atoms with E-state index in [0.29, 0.717) is 10.8 Å². The Balaban J connectivity index is 1.54. The third kappa shape index (κ3) is 4.76. The summed E-state index contributed by atoms with van der Waals surface area (Å²) in [6.07, 6.45) is 3.59. The molecule has 0 saturated heterocycles. The topological polar surface area (TPSA) is 54.2 Å². The second-order valence-corrected chi connectivity index (χ2v) is 6.82. The highest BCUT2D eigenvalue weighted by Crippen LogP contribution is 2.22. The summed E-state index contributed by atoms with van der Waals surface area (Å²) >= 11 is 5.24. The van der Waals surface area contributed by atoms with Crippen LogP contribution >= 0.6 is 12.2 Å². The number of hydrazone groups is 1. The molecular formula is C23H18FN5S. The average molecular weight is 415 g/mol. The highest BCUT2D eigenvalue weighted by atomic mass is 32.1. The number of hydrogen-bond acceptors (Lipinski definition) is 3. The number of halogens is 1. The number of hydrogen-bond donors (Lipinski definition) is 2. The Kier molecular flexibility index (Phi) is 5.91. The molecule has 0 bridgehead atoms. The standard InChI is InChI=1S/C23H18FN5S/c24-19-11-13-20(14-12-19)26-23(30)27-25-15-18-16-29(21-9-5-2-6-10-21)28-22(18)17-7-3-1-4-8-17/h1-16H,(H2,26,27,30)/b25-15-. The van der Waals surface area contributed by atoms with Crippen LogP contribution in [0.2, 0.25) is 0 Å². The molecular weight excluding hydrogens is 397 g/mol. The Bertz CT molecular complexity index is 1160. The Morgan fingerprint density at radius 2 is 1.60 bits per heavy atom. The fraction of sp³-hybridized carbons (Fsp3) is 0. The van der Waals surface area contributed by atoms with Gasteiger partial charge in [-0.1, -0.05) is 48.5 Å². The predicted octanol–water partition coefficient (Wildman–Crippen LogP) is 5.00. The largest absolute Gasteiger partial charge is 0.331 e. The second-order valence-electron chi connectivity index (χ2n) is 6.41. The van der Waals surface area contributed by atoms with Gasteiger partial charge in [0.15, 0.2) is 5.11 Å². The van der Waals surface area contributed by atoms with Gasteiger partial charge in [0.05, 0.1) is 11.9 Å².